The predicted octanol–water partition coefficient (Wildman–Crippen LogP) is 5.06. The Bertz CT molecular complexity index is 574. The minimum atomic E-state index is 0.596. The fourth-order valence-electron chi connectivity index (χ4n) is 1.84. The lowest BCUT2D eigenvalue weighted by Gasteiger charge is -2.08. The van der Waals surface area contributed by atoms with E-state index in [2.05, 4.69) is 0 Å². The number of benzene rings is 2. The number of para-hydroxylation sites is 2. The van der Waals surface area contributed by atoms with Gasteiger partial charge in [-0.25, -0.2) is 0 Å². The maximum atomic E-state index is 5.23. The molecule has 0 bridgehead atoms. The Balaban J connectivity index is 2.02. The molecule has 0 N–H and O–H groups in total. The van der Waals surface area contributed by atoms with E-state index in [0.717, 1.165) is 11.1 Å². The molecule has 0 aliphatic rings. The maximum Gasteiger partial charge on any atom is 0.176 e. The van der Waals surface area contributed by atoms with Gasteiger partial charge in [-0.05, 0) is 26.0 Å². The average Bonchev–Trinajstić information content (AvgIpc) is 2.51. The van der Waals surface area contributed by atoms with Crippen LogP contribution in [0.4, 0.5) is 0 Å². The second-order valence-corrected chi connectivity index (χ2v) is 4.31. The van der Waals surface area contributed by atoms with Crippen LogP contribution in [0.3, 0.4) is 0 Å². The summed E-state index contributed by atoms with van der Waals surface area (Å²) < 4.78 is 0. The van der Waals surface area contributed by atoms with E-state index in [1.165, 1.54) is 0 Å². The highest BCUT2D eigenvalue weighted by atomic mass is 17.5. The van der Waals surface area contributed by atoms with E-state index in [1.807, 2.05) is 86.7 Å². The highest BCUT2D eigenvalue weighted by Crippen LogP contribution is 2.22. The first-order valence-corrected chi connectivity index (χ1v) is 6.79. The summed E-state index contributed by atoms with van der Waals surface area (Å²) in [6.07, 6.45) is 7.74. The average molecular weight is 282 g/mol. The van der Waals surface area contributed by atoms with Crippen molar-refractivity contribution in [3.05, 3.63) is 71.8 Å². The number of allylic oxidation sites excluding steroid dienone is 2. The van der Waals surface area contributed by atoms with E-state index in [-0.39, 0.29) is 0 Å². The summed E-state index contributed by atoms with van der Waals surface area (Å²) in [5.74, 6) is 1.19. The van der Waals surface area contributed by atoms with Crippen LogP contribution in [0.15, 0.2) is 60.7 Å². The molecule has 0 aliphatic carbocycles. The molecule has 108 valence electrons. The van der Waals surface area contributed by atoms with Gasteiger partial charge in [0, 0.05) is 16.2 Å². The van der Waals surface area contributed by atoms with Crippen molar-refractivity contribution in [3.8, 4) is 11.5 Å². The summed E-state index contributed by atoms with van der Waals surface area (Å²) >= 11 is 0. The van der Waals surface area contributed by atoms with E-state index < -0.39 is 0 Å². The van der Waals surface area contributed by atoms with E-state index >= 15 is 0 Å². The van der Waals surface area contributed by atoms with Crippen LogP contribution in [0, 0.1) is 0 Å². The first kappa shape index (κ1) is 14.9. The number of hydrogen-bond donors (Lipinski definition) is 0. The van der Waals surface area contributed by atoms with Crippen molar-refractivity contribution in [1.29, 1.82) is 0 Å². The zero-order chi connectivity index (χ0) is 14.9. The third kappa shape index (κ3) is 4.23. The third-order valence-corrected chi connectivity index (χ3v) is 2.78. The summed E-state index contributed by atoms with van der Waals surface area (Å²) in [7, 11) is 0. The summed E-state index contributed by atoms with van der Waals surface area (Å²) in [4.78, 5) is 10.5. The molecule has 0 heterocycles. The van der Waals surface area contributed by atoms with Crippen molar-refractivity contribution in [1.82, 2.24) is 0 Å². The molecule has 2 aromatic rings. The van der Waals surface area contributed by atoms with Crippen LogP contribution in [0.25, 0.3) is 12.2 Å². The normalized spacial score (nSPS) is 11.1. The Hall–Kier alpha value is -2.52. The van der Waals surface area contributed by atoms with E-state index in [1.54, 1.807) is 0 Å². The molecule has 21 heavy (non-hydrogen) atoms. The Morgan fingerprint density at radius 1 is 0.667 bits per heavy atom. The fraction of sp³-hybridized carbons (Fsp3) is 0.111. The van der Waals surface area contributed by atoms with Crippen molar-refractivity contribution in [2.24, 2.45) is 0 Å². The first-order valence-electron chi connectivity index (χ1n) is 6.79. The van der Waals surface area contributed by atoms with Gasteiger partial charge in [-0.15, -0.1) is 0 Å². The third-order valence-electron chi connectivity index (χ3n) is 2.78. The molecule has 0 unspecified atom stereocenters. The number of rotatable bonds is 6. The van der Waals surface area contributed by atoms with Crippen LogP contribution in [0.5, 0.6) is 11.5 Å². The zero-order valence-electron chi connectivity index (χ0n) is 12.2. The second kappa shape index (κ2) is 7.92. The Labute approximate surface area is 124 Å². The molecule has 2 aromatic carbocycles. The van der Waals surface area contributed by atoms with Gasteiger partial charge in [-0.3, -0.25) is 9.78 Å². The molecule has 3 nitrogen and oxygen atoms in total. The lowest BCUT2D eigenvalue weighted by Crippen LogP contribution is -2.03. The van der Waals surface area contributed by atoms with Gasteiger partial charge >= 0.3 is 0 Å². The summed E-state index contributed by atoms with van der Waals surface area (Å²) in [5.41, 5.74) is 1.84. The lowest BCUT2D eigenvalue weighted by atomic mass is 10.2. The first-order chi connectivity index (χ1) is 10.3. The van der Waals surface area contributed by atoms with Crippen LogP contribution in [-0.4, -0.2) is 0 Å². The monoisotopic (exact) mass is 282 g/mol. The van der Waals surface area contributed by atoms with Crippen LogP contribution in [-0.2, 0) is 5.04 Å². The zero-order valence-corrected chi connectivity index (χ0v) is 12.2. The molecule has 3 heteroatoms. The van der Waals surface area contributed by atoms with Gasteiger partial charge in [0.2, 0.25) is 0 Å². The van der Waals surface area contributed by atoms with Gasteiger partial charge in [-0.2, -0.15) is 0 Å². The molecule has 0 saturated carbocycles. The minimum Gasteiger partial charge on any atom is -0.299 e. The Morgan fingerprint density at radius 2 is 1.10 bits per heavy atom. The highest BCUT2D eigenvalue weighted by Gasteiger charge is 2.04. The highest BCUT2D eigenvalue weighted by molar-refractivity contribution is 5.57. The van der Waals surface area contributed by atoms with Crippen molar-refractivity contribution in [2.45, 2.75) is 13.8 Å². The van der Waals surface area contributed by atoms with E-state index in [4.69, 9.17) is 14.8 Å². The standard InChI is InChI=1S/C18H18O3/c1-3-9-15-11-5-7-13-17(15)19-21-20-18-14-8-6-12-16(18)10-4-2/h3-14H,1-2H3. The molecule has 0 atom stereocenters. The molecular weight excluding hydrogens is 264 g/mol. The summed E-state index contributed by atoms with van der Waals surface area (Å²) in [6, 6.07) is 15.1. The molecule has 0 amide bonds. The van der Waals surface area contributed by atoms with E-state index in [0.29, 0.717) is 11.5 Å². The quantitative estimate of drug-likeness (QED) is 0.547. The summed E-state index contributed by atoms with van der Waals surface area (Å²) in [6.45, 7) is 3.89. The molecule has 0 aromatic heterocycles. The maximum absolute atomic E-state index is 5.23. The van der Waals surface area contributed by atoms with Crippen molar-refractivity contribution >= 4 is 12.2 Å². The Morgan fingerprint density at radius 3 is 1.52 bits per heavy atom. The van der Waals surface area contributed by atoms with Crippen LogP contribution < -0.4 is 9.78 Å². The second-order valence-electron chi connectivity index (χ2n) is 4.31. The predicted molar refractivity (Wildman–Crippen MR) is 84.6 cm³/mol. The lowest BCUT2D eigenvalue weighted by molar-refractivity contribution is -0.411. The number of hydrogen-bond acceptors (Lipinski definition) is 3. The molecular formula is C18H18O3. The molecule has 0 aliphatic heterocycles. The molecule has 2 rings (SSSR count). The topological polar surface area (TPSA) is 27.7 Å². The molecule has 0 radical (unpaired) electrons. The van der Waals surface area contributed by atoms with Gasteiger partial charge in [-0.1, -0.05) is 60.7 Å². The van der Waals surface area contributed by atoms with Gasteiger partial charge in [0.15, 0.2) is 11.5 Å². The van der Waals surface area contributed by atoms with Crippen molar-refractivity contribution in [3.63, 3.8) is 0 Å². The van der Waals surface area contributed by atoms with Gasteiger partial charge in [0.25, 0.3) is 0 Å². The minimum absolute atomic E-state index is 0.596. The van der Waals surface area contributed by atoms with E-state index in [9.17, 15) is 0 Å². The van der Waals surface area contributed by atoms with Crippen LogP contribution in [0.2, 0.25) is 0 Å². The van der Waals surface area contributed by atoms with Gasteiger partial charge < -0.3 is 0 Å². The van der Waals surface area contributed by atoms with Crippen molar-refractivity contribution < 1.29 is 14.8 Å². The fourth-order valence-corrected chi connectivity index (χ4v) is 1.84. The Kier molecular flexibility index (Phi) is 5.61. The van der Waals surface area contributed by atoms with Gasteiger partial charge in [0.1, 0.15) is 0 Å². The SMILES string of the molecule is CC=Cc1ccccc1OOOc1ccccc1C=CC. The largest absolute Gasteiger partial charge is 0.299 e. The molecule has 0 spiro atoms. The molecule has 0 saturated heterocycles. The molecule has 0 fully saturated rings. The van der Waals surface area contributed by atoms with Gasteiger partial charge in [0.05, 0.1) is 0 Å². The van der Waals surface area contributed by atoms with Crippen LogP contribution in [0.1, 0.15) is 25.0 Å². The smallest absolute Gasteiger partial charge is 0.176 e. The van der Waals surface area contributed by atoms with Crippen LogP contribution >= 0.6 is 0 Å². The van der Waals surface area contributed by atoms with Crippen molar-refractivity contribution in [2.75, 3.05) is 0 Å². The summed E-state index contributed by atoms with van der Waals surface area (Å²) in [5, 5.41) is 4.91.